The minimum absolute atomic E-state index is 0.0913. The molecule has 1 heteroatoms. The van der Waals surface area contributed by atoms with Gasteiger partial charge in [-0.15, -0.1) is 0 Å². The molecule has 1 rings (SSSR count). The van der Waals surface area contributed by atoms with Crippen LogP contribution in [0.5, 0.6) is 0 Å². The zero-order chi connectivity index (χ0) is 12.5. The first-order valence-corrected chi connectivity index (χ1v) is 6.50. The second-order valence-corrected chi connectivity index (χ2v) is 4.50. The summed E-state index contributed by atoms with van der Waals surface area (Å²) in [5, 5.41) is 0. The number of hydrogen-bond donors (Lipinski definition) is 0. The number of aryl methyl sites for hydroxylation is 1. The zero-order valence-electron chi connectivity index (χ0n) is 10.9. The fourth-order valence-corrected chi connectivity index (χ4v) is 1.76. The van der Waals surface area contributed by atoms with E-state index in [1.54, 1.807) is 13.0 Å². The van der Waals surface area contributed by atoms with Crippen LogP contribution >= 0.6 is 0 Å². The fourth-order valence-electron chi connectivity index (χ4n) is 1.76. The standard InChI is InChI=1S/C16H22O/c1-3-4-5-6-7-15-10-12-16(13-11-15)9-8-14(2)17/h8-13H,3-7H2,1-2H3/b9-8-. The SMILES string of the molecule is CCCCCCc1ccc(/C=C\C(C)=O)cc1. The van der Waals surface area contributed by atoms with E-state index in [4.69, 9.17) is 0 Å². The van der Waals surface area contributed by atoms with E-state index in [1.165, 1.54) is 31.2 Å². The Labute approximate surface area is 105 Å². The van der Waals surface area contributed by atoms with Crippen molar-refractivity contribution in [3.8, 4) is 0 Å². The third kappa shape index (κ3) is 6.06. The average Bonchev–Trinajstić information content (AvgIpc) is 2.33. The lowest BCUT2D eigenvalue weighted by Crippen LogP contribution is -1.86. The first kappa shape index (κ1) is 13.7. The predicted molar refractivity (Wildman–Crippen MR) is 74.0 cm³/mol. The second-order valence-electron chi connectivity index (χ2n) is 4.50. The van der Waals surface area contributed by atoms with Crippen molar-refractivity contribution >= 4 is 11.9 Å². The van der Waals surface area contributed by atoms with Gasteiger partial charge in [0.1, 0.15) is 0 Å². The van der Waals surface area contributed by atoms with Crippen LogP contribution in [0, 0.1) is 0 Å². The van der Waals surface area contributed by atoms with Crippen LogP contribution in [0.1, 0.15) is 50.7 Å². The van der Waals surface area contributed by atoms with E-state index < -0.39 is 0 Å². The molecule has 1 nitrogen and oxygen atoms in total. The molecule has 1 aromatic carbocycles. The average molecular weight is 230 g/mol. The Morgan fingerprint density at radius 1 is 1.12 bits per heavy atom. The van der Waals surface area contributed by atoms with Crippen LogP contribution in [0.3, 0.4) is 0 Å². The van der Waals surface area contributed by atoms with Crippen molar-refractivity contribution in [2.75, 3.05) is 0 Å². The summed E-state index contributed by atoms with van der Waals surface area (Å²) in [7, 11) is 0. The van der Waals surface area contributed by atoms with E-state index in [0.717, 1.165) is 12.0 Å². The molecule has 0 radical (unpaired) electrons. The van der Waals surface area contributed by atoms with Crippen LogP contribution in [0.4, 0.5) is 0 Å². The monoisotopic (exact) mass is 230 g/mol. The number of rotatable bonds is 7. The smallest absolute Gasteiger partial charge is 0.152 e. The molecule has 0 amide bonds. The van der Waals surface area contributed by atoms with Gasteiger partial charge in [-0.1, -0.05) is 56.5 Å². The van der Waals surface area contributed by atoms with Crippen LogP contribution in [0.25, 0.3) is 6.08 Å². The summed E-state index contributed by atoms with van der Waals surface area (Å²) in [5.41, 5.74) is 2.48. The van der Waals surface area contributed by atoms with Gasteiger partial charge in [-0.05, 0) is 37.0 Å². The summed E-state index contributed by atoms with van der Waals surface area (Å²) in [6.45, 7) is 3.80. The zero-order valence-corrected chi connectivity index (χ0v) is 10.9. The van der Waals surface area contributed by atoms with Crippen LogP contribution in [0.15, 0.2) is 30.3 Å². The molecule has 0 atom stereocenters. The lowest BCUT2D eigenvalue weighted by Gasteiger charge is -2.01. The highest BCUT2D eigenvalue weighted by Gasteiger charge is 1.94. The summed E-state index contributed by atoms with van der Waals surface area (Å²) in [4.78, 5) is 10.8. The third-order valence-corrected chi connectivity index (χ3v) is 2.81. The maximum atomic E-state index is 10.8. The molecule has 0 aliphatic heterocycles. The normalized spacial score (nSPS) is 10.9. The fraction of sp³-hybridized carbons (Fsp3) is 0.438. The van der Waals surface area contributed by atoms with E-state index in [2.05, 4.69) is 31.2 Å². The quantitative estimate of drug-likeness (QED) is 0.501. The molecule has 0 aliphatic rings. The molecule has 92 valence electrons. The highest BCUT2D eigenvalue weighted by atomic mass is 16.1. The minimum Gasteiger partial charge on any atom is -0.295 e. The molecule has 0 bridgehead atoms. The Balaban J connectivity index is 2.42. The van der Waals surface area contributed by atoms with E-state index in [9.17, 15) is 4.79 Å². The summed E-state index contributed by atoms with van der Waals surface area (Å²) in [6.07, 6.45) is 9.85. The molecular weight excluding hydrogens is 208 g/mol. The lowest BCUT2D eigenvalue weighted by molar-refractivity contribution is -0.112. The molecule has 17 heavy (non-hydrogen) atoms. The van der Waals surface area contributed by atoms with Gasteiger partial charge < -0.3 is 0 Å². The number of carbonyl (C=O) groups is 1. The minimum atomic E-state index is 0.0913. The van der Waals surface area contributed by atoms with Crippen LogP contribution < -0.4 is 0 Å². The molecule has 0 aromatic heterocycles. The van der Waals surface area contributed by atoms with Gasteiger partial charge in [0, 0.05) is 0 Å². The van der Waals surface area contributed by atoms with E-state index in [0.29, 0.717) is 0 Å². The highest BCUT2D eigenvalue weighted by molar-refractivity contribution is 5.91. The van der Waals surface area contributed by atoms with E-state index in [-0.39, 0.29) is 5.78 Å². The summed E-state index contributed by atoms with van der Waals surface area (Å²) < 4.78 is 0. The number of allylic oxidation sites excluding steroid dienone is 1. The molecule has 0 fully saturated rings. The maximum Gasteiger partial charge on any atom is 0.152 e. The summed E-state index contributed by atoms with van der Waals surface area (Å²) in [6, 6.07) is 8.47. The molecule has 0 heterocycles. The second kappa shape index (κ2) is 7.83. The van der Waals surface area contributed by atoms with E-state index >= 15 is 0 Å². The maximum absolute atomic E-state index is 10.8. The number of carbonyl (C=O) groups excluding carboxylic acids is 1. The first-order chi connectivity index (χ1) is 8.22. The summed E-state index contributed by atoms with van der Waals surface area (Å²) in [5.74, 6) is 0.0913. The van der Waals surface area contributed by atoms with Gasteiger partial charge in [0.2, 0.25) is 0 Å². The van der Waals surface area contributed by atoms with E-state index in [1.807, 2.05) is 6.08 Å². The Bertz CT molecular complexity index is 360. The number of hydrogen-bond acceptors (Lipinski definition) is 1. The van der Waals surface area contributed by atoms with Crippen LogP contribution in [-0.4, -0.2) is 5.78 Å². The van der Waals surface area contributed by atoms with Crippen molar-refractivity contribution < 1.29 is 4.79 Å². The van der Waals surface area contributed by atoms with Gasteiger partial charge >= 0.3 is 0 Å². The molecule has 0 saturated carbocycles. The van der Waals surface area contributed by atoms with Gasteiger partial charge in [-0.2, -0.15) is 0 Å². The lowest BCUT2D eigenvalue weighted by atomic mass is 10.0. The highest BCUT2D eigenvalue weighted by Crippen LogP contribution is 2.10. The molecule has 0 saturated heterocycles. The molecule has 0 unspecified atom stereocenters. The Morgan fingerprint density at radius 3 is 2.41 bits per heavy atom. The van der Waals surface area contributed by atoms with Crippen molar-refractivity contribution in [3.05, 3.63) is 41.5 Å². The predicted octanol–water partition coefficient (Wildman–Crippen LogP) is 4.41. The molecule has 1 aromatic rings. The van der Waals surface area contributed by atoms with Gasteiger partial charge in [0.25, 0.3) is 0 Å². The number of ketones is 1. The topological polar surface area (TPSA) is 17.1 Å². The number of benzene rings is 1. The van der Waals surface area contributed by atoms with Crippen LogP contribution in [-0.2, 0) is 11.2 Å². The Kier molecular flexibility index (Phi) is 6.31. The molecule has 0 N–H and O–H groups in total. The third-order valence-electron chi connectivity index (χ3n) is 2.81. The van der Waals surface area contributed by atoms with Gasteiger partial charge in [-0.3, -0.25) is 4.79 Å². The Hall–Kier alpha value is -1.37. The van der Waals surface area contributed by atoms with Crippen molar-refractivity contribution in [2.45, 2.75) is 46.0 Å². The van der Waals surface area contributed by atoms with Gasteiger partial charge in [0.15, 0.2) is 5.78 Å². The van der Waals surface area contributed by atoms with Crippen molar-refractivity contribution in [1.82, 2.24) is 0 Å². The first-order valence-electron chi connectivity index (χ1n) is 6.50. The van der Waals surface area contributed by atoms with Crippen molar-refractivity contribution in [1.29, 1.82) is 0 Å². The number of unbranched alkanes of at least 4 members (excludes halogenated alkanes) is 3. The molecule has 0 spiro atoms. The molecule has 0 aliphatic carbocycles. The summed E-state index contributed by atoms with van der Waals surface area (Å²) >= 11 is 0. The Morgan fingerprint density at radius 2 is 1.82 bits per heavy atom. The van der Waals surface area contributed by atoms with Crippen molar-refractivity contribution in [3.63, 3.8) is 0 Å². The van der Waals surface area contributed by atoms with Crippen LogP contribution in [0.2, 0.25) is 0 Å². The largest absolute Gasteiger partial charge is 0.295 e. The van der Waals surface area contributed by atoms with Gasteiger partial charge in [-0.25, -0.2) is 0 Å². The van der Waals surface area contributed by atoms with Crippen molar-refractivity contribution in [2.24, 2.45) is 0 Å². The van der Waals surface area contributed by atoms with Gasteiger partial charge in [0.05, 0.1) is 0 Å². The molecular formula is C16H22O.